The van der Waals surface area contributed by atoms with Crippen molar-refractivity contribution in [1.29, 1.82) is 0 Å². The number of nitrogens with zero attached hydrogens (tertiary/aromatic N) is 1. The number of anilines is 1. The maximum Gasteiger partial charge on any atom is 0.258 e. The van der Waals surface area contributed by atoms with Crippen LogP contribution in [0.3, 0.4) is 0 Å². The number of aryl methyl sites for hydroxylation is 1. The number of pyridine rings is 1. The Morgan fingerprint density at radius 1 is 1.26 bits per heavy atom. The van der Waals surface area contributed by atoms with Crippen LogP contribution in [-0.2, 0) is 0 Å². The second-order valence-corrected chi connectivity index (χ2v) is 4.20. The first-order chi connectivity index (χ1) is 9.01. The molecule has 0 unspecified atom stereocenters. The molecule has 1 aromatic heterocycles. The molecule has 0 radical (unpaired) electrons. The van der Waals surface area contributed by atoms with Crippen molar-refractivity contribution in [1.82, 2.24) is 4.98 Å². The molecule has 0 bridgehead atoms. The van der Waals surface area contributed by atoms with Gasteiger partial charge in [0, 0.05) is 11.1 Å². The fraction of sp³-hybridized carbons (Fsp3) is 0.0833. The Hall–Kier alpha value is -1.92. The number of nitrogens with two attached hydrogens (primary N) is 1. The van der Waals surface area contributed by atoms with E-state index in [1.165, 1.54) is 6.07 Å². The van der Waals surface area contributed by atoms with Crippen LogP contribution in [-0.4, -0.2) is 4.98 Å². The summed E-state index contributed by atoms with van der Waals surface area (Å²) in [5.41, 5.74) is 2.75. The van der Waals surface area contributed by atoms with Crippen molar-refractivity contribution in [2.75, 3.05) is 5.43 Å². The maximum atomic E-state index is 13.6. The van der Waals surface area contributed by atoms with Crippen LogP contribution in [0.4, 0.5) is 14.6 Å². The third-order valence-corrected chi connectivity index (χ3v) is 2.63. The Morgan fingerprint density at radius 2 is 2.00 bits per heavy atom. The minimum atomic E-state index is -0.934. The largest absolute Gasteiger partial charge is 0.436 e. The monoisotopic (exact) mass is 285 g/mol. The lowest BCUT2D eigenvalue weighted by atomic mass is 10.2. The van der Waals surface area contributed by atoms with Gasteiger partial charge in [-0.05, 0) is 24.6 Å². The standard InChI is InChI=1S/C12H10ClF2N3O/c1-6-2-3-7(13)4-10(6)19-12-9(15)5-8(14)11(17-12)18-16/h2-5H,16H2,1H3,(H,17,18). The predicted molar refractivity (Wildman–Crippen MR) is 68.2 cm³/mol. The van der Waals surface area contributed by atoms with E-state index in [0.717, 1.165) is 5.56 Å². The number of benzene rings is 1. The summed E-state index contributed by atoms with van der Waals surface area (Å²) in [6.07, 6.45) is 0. The molecular weight excluding hydrogens is 276 g/mol. The summed E-state index contributed by atoms with van der Waals surface area (Å²) in [4.78, 5) is 3.60. The molecule has 19 heavy (non-hydrogen) atoms. The van der Waals surface area contributed by atoms with Crippen LogP contribution >= 0.6 is 11.6 Å². The molecule has 0 amide bonds. The summed E-state index contributed by atoms with van der Waals surface area (Å²) in [5.74, 6) is 2.85. The first-order valence-electron chi connectivity index (χ1n) is 5.28. The molecule has 3 N–H and O–H groups in total. The molecule has 0 aliphatic rings. The van der Waals surface area contributed by atoms with Crippen LogP contribution in [0.25, 0.3) is 0 Å². The summed E-state index contributed by atoms with van der Waals surface area (Å²) in [6.45, 7) is 1.76. The van der Waals surface area contributed by atoms with E-state index in [1.54, 1.807) is 19.1 Å². The predicted octanol–water partition coefficient (Wildman–Crippen LogP) is 3.40. The topological polar surface area (TPSA) is 60.2 Å². The van der Waals surface area contributed by atoms with Gasteiger partial charge in [0.05, 0.1) is 0 Å². The Bertz CT molecular complexity index is 622. The highest BCUT2D eigenvalue weighted by molar-refractivity contribution is 6.30. The lowest BCUT2D eigenvalue weighted by molar-refractivity contribution is 0.415. The molecule has 7 heteroatoms. The van der Waals surface area contributed by atoms with E-state index in [1.807, 2.05) is 5.43 Å². The first kappa shape index (κ1) is 13.5. The van der Waals surface area contributed by atoms with Crippen molar-refractivity contribution >= 4 is 17.4 Å². The zero-order chi connectivity index (χ0) is 14.0. The van der Waals surface area contributed by atoms with Crippen LogP contribution in [0.2, 0.25) is 5.02 Å². The van der Waals surface area contributed by atoms with Gasteiger partial charge in [0.2, 0.25) is 0 Å². The number of hydrogen-bond acceptors (Lipinski definition) is 4. The van der Waals surface area contributed by atoms with Gasteiger partial charge in [-0.15, -0.1) is 0 Å². The third kappa shape index (κ3) is 2.91. The van der Waals surface area contributed by atoms with Gasteiger partial charge in [0.15, 0.2) is 17.5 Å². The van der Waals surface area contributed by atoms with Crippen LogP contribution in [0.1, 0.15) is 5.56 Å². The number of aromatic nitrogens is 1. The van der Waals surface area contributed by atoms with Gasteiger partial charge >= 0.3 is 0 Å². The number of nitrogens with one attached hydrogen (secondary N) is 1. The minimum Gasteiger partial charge on any atom is -0.436 e. The molecule has 0 aliphatic carbocycles. The van der Waals surface area contributed by atoms with Crippen molar-refractivity contribution < 1.29 is 13.5 Å². The average Bonchev–Trinajstić information content (AvgIpc) is 2.37. The van der Waals surface area contributed by atoms with Crippen molar-refractivity contribution in [3.63, 3.8) is 0 Å². The van der Waals surface area contributed by atoms with E-state index in [0.29, 0.717) is 16.8 Å². The average molecular weight is 286 g/mol. The SMILES string of the molecule is Cc1ccc(Cl)cc1Oc1nc(NN)c(F)cc1F. The second-order valence-electron chi connectivity index (χ2n) is 3.76. The number of halogens is 3. The van der Waals surface area contributed by atoms with E-state index in [2.05, 4.69) is 4.98 Å². The highest BCUT2D eigenvalue weighted by Gasteiger charge is 2.14. The Morgan fingerprint density at radius 3 is 2.68 bits per heavy atom. The second kappa shape index (κ2) is 5.38. The summed E-state index contributed by atoms with van der Waals surface area (Å²) in [5, 5.41) is 0.431. The van der Waals surface area contributed by atoms with Gasteiger partial charge < -0.3 is 10.2 Å². The number of hydrogen-bond donors (Lipinski definition) is 2. The molecule has 4 nitrogen and oxygen atoms in total. The van der Waals surface area contributed by atoms with Crippen LogP contribution in [0.15, 0.2) is 24.3 Å². The maximum absolute atomic E-state index is 13.6. The molecule has 0 saturated carbocycles. The molecule has 2 aromatic rings. The van der Waals surface area contributed by atoms with Crippen LogP contribution < -0.4 is 16.0 Å². The Balaban J connectivity index is 2.40. The molecule has 2 rings (SSSR count). The summed E-state index contributed by atoms with van der Waals surface area (Å²) in [6, 6.07) is 5.53. The van der Waals surface area contributed by atoms with Gasteiger partial charge in [0.1, 0.15) is 5.75 Å². The van der Waals surface area contributed by atoms with E-state index < -0.39 is 11.6 Å². The molecule has 0 fully saturated rings. The van der Waals surface area contributed by atoms with Gasteiger partial charge in [-0.25, -0.2) is 14.6 Å². The van der Waals surface area contributed by atoms with Gasteiger partial charge in [0.25, 0.3) is 5.88 Å². The summed E-state index contributed by atoms with van der Waals surface area (Å²) >= 11 is 5.82. The number of rotatable bonds is 3. The van der Waals surface area contributed by atoms with E-state index in [4.69, 9.17) is 22.2 Å². The Labute approximate surface area is 113 Å². The van der Waals surface area contributed by atoms with Crippen molar-refractivity contribution in [2.45, 2.75) is 6.92 Å². The van der Waals surface area contributed by atoms with Crippen LogP contribution in [0, 0.1) is 18.6 Å². The normalized spacial score (nSPS) is 10.4. The quantitative estimate of drug-likeness (QED) is 0.670. The Kier molecular flexibility index (Phi) is 3.82. The molecule has 0 spiro atoms. The molecular formula is C12H10ClF2N3O. The highest BCUT2D eigenvalue weighted by atomic mass is 35.5. The fourth-order valence-electron chi connectivity index (χ4n) is 1.41. The zero-order valence-electron chi connectivity index (χ0n) is 9.88. The van der Waals surface area contributed by atoms with E-state index in [-0.39, 0.29) is 11.7 Å². The minimum absolute atomic E-state index is 0.309. The molecule has 0 aliphatic heterocycles. The zero-order valence-corrected chi connectivity index (χ0v) is 10.6. The number of ether oxygens (including phenoxy) is 1. The molecule has 0 atom stereocenters. The summed E-state index contributed by atoms with van der Waals surface area (Å²) < 4.78 is 32.0. The lowest BCUT2D eigenvalue weighted by Crippen LogP contribution is -2.11. The number of nitrogen functional groups attached to an aromatic ring is 1. The molecule has 100 valence electrons. The van der Waals surface area contributed by atoms with Crippen LogP contribution in [0.5, 0.6) is 11.6 Å². The molecule has 0 saturated heterocycles. The van der Waals surface area contributed by atoms with Crippen molar-refractivity contribution in [3.8, 4) is 11.6 Å². The molecule has 1 heterocycles. The number of hydrazine groups is 1. The highest BCUT2D eigenvalue weighted by Crippen LogP contribution is 2.29. The van der Waals surface area contributed by atoms with Gasteiger partial charge in [-0.3, -0.25) is 0 Å². The first-order valence-corrected chi connectivity index (χ1v) is 5.65. The van der Waals surface area contributed by atoms with Gasteiger partial charge in [-0.1, -0.05) is 17.7 Å². The van der Waals surface area contributed by atoms with E-state index >= 15 is 0 Å². The van der Waals surface area contributed by atoms with Gasteiger partial charge in [-0.2, -0.15) is 4.98 Å². The van der Waals surface area contributed by atoms with E-state index in [9.17, 15) is 8.78 Å². The lowest BCUT2D eigenvalue weighted by Gasteiger charge is -2.10. The third-order valence-electron chi connectivity index (χ3n) is 2.39. The smallest absolute Gasteiger partial charge is 0.258 e. The summed E-state index contributed by atoms with van der Waals surface area (Å²) in [7, 11) is 0. The molecule has 1 aromatic carbocycles. The fourth-order valence-corrected chi connectivity index (χ4v) is 1.57. The van der Waals surface area contributed by atoms with Crippen molar-refractivity contribution in [3.05, 3.63) is 46.5 Å². The van der Waals surface area contributed by atoms with Crippen molar-refractivity contribution in [2.24, 2.45) is 5.84 Å².